The summed E-state index contributed by atoms with van der Waals surface area (Å²) < 4.78 is 4.89. The van der Waals surface area contributed by atoms with E-state index in [9.17, 15) is 9.90 Å². The topological polar surface area (TPSA) is 46.5 Å². The van der Waals surface area contributed by atoms with E-state index in [4.69, 9.17) is 4.74 Å². The standard InChI is InChI=1S/C13H16O3/c1-16-12(15)13(8-7-11(14)9-13)10-5-3-2-4-6-10/h2-6,11,14H,7-9H2,1H3. The molecule has 1 fully saturated rings. The molecule has 1 aromatic rings. The van der Waals surface area contributed by atoms with Gasteiger partial charge in [0, 0.05) is 0 Å². The first kappa shape index (κ1) is 11.1. The number of benzene rings is 1. The van der Waals surface area contributed by atoms with Crippen molar-refractivity contribution in [2.24, 2.45) is 0 Å². The number of hydrogen-bond acceptors (Lipinski definition) is 3. The van der Waals surface area contributed by atoms with Gasteiger partial charge in [-0.25, -0.2) is 0 Å². The average Bonchev–Trinajstić information content (AvgIpc) is 2.73. The second-order valence-electron chi connectivity index (χ2n) is 4.34. The normalized spacial score (nSPS) is 29.0. The van der Waals surface area contributed by atoms with Crippen LogP contribution in [0, 0.1) is 0 Å². The Morgan fingerprint density at radius 2 is 2.12 bits per heavy atom. The van der Waals surface area contributed by atoms with Crippen molar-refractivity contribution in [3.63, 3.8) is 0 Å². The molecular formula is C13H16O3. The lowest BCUT2D eigenvalue weighted by Crippen LogP contribution is -2.34. The summed E-state index contributed by atoms with van der Waals surface area (Å²) in [6, 6.07) is 9.58. The van der Waals surface area contributed by atoms with Gasteiger partial charge >= 0.3 is 5.97 Å². The zero-order valence-electron chi connectivity index (χ0n) is 9.35. The molecule has 1 aromatic carbocycles. The Morgan fingerprint density at radius 1 is 1.44 bits per heavy atom. The lowest BCUT2D eigenvalue weighted by atomic mass is 9.79. The second kappa shape index (κ2) is 4.26. The first-order chi connectivity index (χ1) is 7.69. The summed E-state index contributed by atoms with van der Waals surface area (Å²) in [6.07, 6.45) is 1.37. The Balaban J connectivity index is 2.40. The van der Waals surface area contributed by atoms with Crippen LogP contribution in [-0.4, -0.2) is 24.3 Å². The molecule has 1 aliphatic carbocycles. The minimum atomic E-state index is -0.643. The number of aliphatic hydroxyl groups is 1. The highest BCUT2D eigenvalue weighted by atomic mass is 16.5. The number of aliphatic hydroxyl groups excluding tert-OH is 1. The molecule has 0 saturated heterocycles. The maximum absolute atomic E-state index is 11.9. The van der Waals surface area contributed by atoms with Crippen LogP contribution in [0.15, 0.2) is 30.3 Å². The Bertz CT molecular complexity index is 374. The minimum absolute atomic E-state index is 0.241. The Labute approximate surface area is 95.0 Å². The number of ether oxygens (including phenoxy) is 1. The molecule has 2 rings (SSSR count). The highest BCUT2D eigenvalue weighted by Crippen LogP contribution is 2.42. The molecule has 0 aromatic heterocycles. The van der Waals surface area contributed by atoms with E-state index in [2.05, 4.69) is 0 Å². The van der Waals surface area contributed by atoms with Crippen LogP contribution in [0.3, 0.4) is 0 Å². The molecule has 0 radical (unpaired) electrons. The predicted molar refractivity (Wildman–Crippen MR) is 60.0 cm³/mol. The Hall–Kier alpha value is -1.35. The number of rotatable bonds is 2. The van der Waals surface area contributed by atoms with E-state index in [0.717, 1.165) is 5.56 Å². The van der Waals surface area contributed by atoms with E-state index in [0.29, 0.717) is 19.3 Å². The second-order valence-corrected chi connectivity index (χ2v) is 4.34. The van der Waals surface area contributed by atoms with Gasteiger partial charge in [-0.15, -0.1) is 0 Å². The van der Waals surface area contributed by atoms with Crippen LogP contribution in [0.25, 0.3) is 0 Å². The SMILES string of the molecule is COC(=O)C1(c2ccccc2)CCC(O)C1. The molecule has 0 bridgehead atoms. The minimum Gasteiger partial charge on any atom is -0.468 e. The maximum atomic E-state index is 11.9. The monoisotopic (exact) mass is 220 g/mol. The summed E-state index contributed by atoms with van der Waals surface area (Å²) in [5.74, 6) is -0.241. The zero-order chi connectivity index (χ0) is 11.6. The number of carbonyl (C=O) groups excluding carboxylic acids is 1. The van der Waals surface area contributed by atoms with E-state index < -0.39 is 11.5 Å². The van der Waals surface area contributed by atoms with Crippen LogP contribution >= 0.6 is 0 Å². The van der Waals surface area contributed by atoms with Crippen molar-refractivity contribution in [3.8, 4) is 0 Å². The molecule has 3 heteroatoms. The van der Waals surface area contributed by atoms with E-state index in [1.165, 1.54) is 7.11 Å². The number of hydrogen-bond donors (Lipinski definition) is 1. The van der Waals surface area contributed by atoms with Gasteiger partial charge in [0.25, 0.3) is 0 Å². The molecule has 1 saturated carbocycles. The molecule has 0 spiro atoms. The van der Waals surface area contributed by atoms with Crippen LogP contribution < -0.4 is 0 Å². The molecule has 1 N–H and O–H groups in total. The summed E-state index contributed by atoms with van der Waals surface area (Å²) in [7, 11) is 1.40. The maximum Gasteiger partial charge on any atom is 0.316 e. The van der Waals surface area contributed by atoms with E-state index in [-0.39, 0.29) is 5.97 Å². The summed E-state index contributed by atoms with van der Waals surface area (Å²) >= 11 is 0. The number of carbonyl (C=O) groups is 1. The van der Waals surface area contributed by atoms with Gasteiger partial charge < -0.3 is 9.84 Å². The Kier molecular flexibility index (Phi) is 2.97. The van der Waals surface area contributed by atoms with E-state index in [1.54, 1.807) is 0 Å². The van der Waals surface area contributed by atoms with Crippen LogP contribution in [0.1, 0.15) is 24.8 Å². The fourth-order valence-corrected chi connectivity index (χ4v) is 2.54. The molecule has 0 heterocycles. The van der Waals surface area contributed by atoms with Crippen molar-refractivity contribution in [2.75, 3.05) is 7.11 Å². The van der Waals surface area contributed by atoms with Gasteiger partial charge in [0.2, 0.25) is 0 Å². The van der Waals surface area contributed by atoms with Crippen molar-refractivity contribution in [1.29, 1.82) is 0 Å². The van der Waals surface area contributed by atoms with Gasteiger partial charge in [0.1, 0.15) is 0 Å². The summed E-state index contributed by atoms with van der Waals surface area (Å²) in [5, 5.41) is 9.66. The summed E-state index contributed by atoms with van der Waals surface area (Å²) in [5.41, 5.74) is 0.300. The number of methoxy groups -OCH3 is 1. The van der Waals surface area contributed by atoms with Gasteiger partial charge in [0.05, 0.1) is 18.6 Å². The fraction of sp³-hybridized carbons (Fsp3) is 0.462. The molecule has 0 aliphatic heterocycles. The summed E-state index contributed by atoms with van der Waals surface area (Å²) in [4.78, 5) is 11.9. The molecule has 1 aliphatic rings. The lowest BCUT2D eigenvalue weighted by molar-refractivity contribution is -0.147. The smallest absolute Gasteiger partial charge is 0.316 e. The summed E-state index contributed by atoms with van der Waals surface area (Å²) in [6.45, 7) is 0. The molecule has 0 amide bonds. The van der Waals surface area contributed by atoms with Gasteiger partial charge in [-0.3, -0.25) is 4.79 Å². The van der Waals surface area contributed by atoms with Crippen LogP contribution in [0.2, 0.25) is 0 Å². The van der Waals surface area contributed by atoms with Crippen molar-refractivity contribution in [3.05, 3.63) is 35.9 Å². The first-order valence-corrected chi connectivity index (χ1v) is 5.51. The average molecular weight is 220 g/mol. The van der Waals surface area contributed by atoms with Gasteiger partial charge in [-0.1, -0.05) is 30.3 Å². The van der Waals surface area contributed by atoms with E-state index >= 15 is 0 Å². The zero-order valence-corrected chi connectivity index (χ0v) is 9.35. The lowest BCUT2D eigenvalue weighted by Gasteiger charge is -2.26. The first-order valence-electron chi connectivity index (χ1n) is 5.51. The predicted octanol–water partition coefficient (Wildman–Crippen LogP) is 1.64. The van der Waals surface area contributed by atoms with Gasteiger partial charge in [-0.2, -0.15) is 0 Å². The highest BCUT2D eigenvalue weighted by Gasteiger charge is 2.47. The molecule has 86 valence electrons. The van der Waals surface area contributed by atoms with Crippen LogP contribution in [0.4, 0.5) is 0 Å². The van der Waals surface area contributed by atoms with Crippen molar-refractivity contribution < 1.29 is 14.6 Å². The Morgan fingerprint density at radius 3 is 2.62 bits per heavy atom. The molecule has 16 heavy (non-hydrogen) atoms. The van der Waals surface area contributed by atoms with Crippen molar-refractivity contribution in [1.82, 2.24) is 0 Å². The van der Waals surface area contributed by atoms with E-state index in [1.807, 2.05) is 30.3 Å². The van der Waals surface area contributed by atoms with Gasteiger partial charge in [0.15, 0.2) is 0 Å². The van der Waals surface area contributed by atoms with Crippen LogP contribution in [0.5, 0.6) is 0 Å². The fourth-order valence-electron chi connectivity index (χ4n) is 2.54. The third-order valence-corrected chi connectivity index (χ3v) is 3.39. The largest absolute Gasteiger partial charge is 0.468 e. The van der Waals surface area contributed by atoms with Gasteiger partial charge in [-0.05, 0) is 24.8 Å². The molecule has 2 atom stereocenters. The van der Waals surface area contributed by atoms with Crippen molar-refractivity contribution in [2.45, 2.75) is 30.8 Å². The molecular weight excluding hydrogens is 204 g/mol. The number of esters is 1. The van der Waals surface area contributed by atoms with Crippen LogP contribution in [-0.2, 0) is 14.9 Å². The van der Waals surface area contributed by atoms with Crippen molar-refractivity contribution >= 4 is 5.97 Å². The third kappa shape index (κ3) is 1.71. The third-order valence-electron chi connectivity index (χ3n) is 3.39. The highest BCUT2D eigenvalue weighted by molar-refractivity contribution is 5.83. The molecule has 3 nitrogen and oxygen atoms in total. The molecule has 2 unspecified atom stereocenters. The quantitative estimate of drug-likeness (QED) is 0.771.